The Kier molecular flexibility index (Phi) is 5.09. The number of pyridine rings is 1. The monoisotopic (exact) mass is 310 g/mol. The van der Waals surface area contributed by atoms with E-state index < -0.39 is 0 Å². The number of anilines is 3. The van der Waals surface area contributed by atoms with Gasteiger partial charge in [-0.3, -0.25) is 4.98 Å². The first-order valence-corrected chi connectivity index (χ1v) is 8.14. The number of nitrogens with one attached hydrogen (secondary N) is 2. The quantitative estimate of drug-likeness (QED) is 0.897. The molecule has 1 aliphatic heterocycles. The number of rotatable bonds is 3. The first kappa shape index (κ1) is 15.3. The van der Waals surface area contributed by atoms with Crippen LogP contribution in [0.4, 0.5) is 21.9 Å². The van der Waals surface area contributed by atoms with Gasteiger partial charge in [-0.1, -0.05) is 12.8 Å². The van der Waals surface area contributed by atoms with Crippen LogP contribution in [0.5, 0.6) is 0 Å². The van der Waals surface area contributed by atoms with E-state index in [0.717, 1.165) is 18.8 Å². The maximum atomic E-state index is 12.0. The molecule has 0 aliphatic carbocycles. The van der Waals surface area contributed by atoms with Gasteiger partial charge in [0.1, 0.15) is 0 Å². The third kappa shape index (κ3) is 4.45. The number of carbonyl (C=O) groups excluding carboxylic acids is 1. The highest BCUT2D eigenvalue weighted by Gasteiger charge is 2.10. The van der Waals surface area contributed by atoms with Crippen LogP contribution in [0.15, 0.2) is 48.8 Å². The van der Waals surface area contributed by atoms with E-state index in [-0.39, 0.29) is 6.03 Å². The molecule has 2 heterocycles. The Morgan fingerprint density at radius 3 is 2.26 bits per heavy atom. The van der Waals surface area contributed by atoms with E-state index >= 15 is 0 Å². The summed E-state index contributed by atoms with van der Waals surface area (Å²) < 4.78 is 0. The van der Waals surface area contributed by atoms with Gasteiger partial charge in [-0.25, -0.2) is 4.79 Å². The topological polar surface area (TPSA) is 57.3 Å². The minimum atomic E-state index is -0.263. The molecule has 1 fully saturated rings. The molecule has 1 aromatic heterocycles. The van der Waals surface area contributed by atoms with Crippen molar-refractivity contribution in [3.63, 3.8) is 0 Å². The van der Waals surface area contributed by atoms with Gasteiger partial charge in [-0.15, -0.1) is 0 Å². The Balaban J connectivity index is 1.57. The fraction of sp³-hybridized carbons (Fsp3) is 0.333. The molecule has 1 aliphatic rings. The lowest BCUT2D eigenvalue weighted by atomic mass is 10.2. The number of aromatic nitrogens is 1. The van der Waals surface area contributed by atoms with Crippen LogP contribution in [-0.2, 0) is 0 Å². The van der Waals surface area contributed by atoms with Crippen molar-refractivity contribution in [2.75, 3.05) is 28.6 Å². The lowest BCUT2D eigenvalue weighted by Crippen LogP contribution is -2.24. The largest absolute Gasteiger partial charge is 0.372 e. The third-order valence-electron chi connectivity index (χ3n) is 4.02. The first-order valence-electron chi connectivity index (χ1n) is 8.14. The average Bonchev–Trinajstić information content (AvgIpc) is 2.86. The number of nitrogens with zero attached hydrogens (tertiary/aromatic N) is 2. The molecule has 5 nitrogen and oxygen atoms in total. The van der Waals surface area contributed by atoms with E-state index in [9.17, 15) is 4.79 Å². The van der Waals surface area contributed by atoms with Crippen molar-refractivity contribution >= 4 is 23.1 Å². The van der Waals surface area contributed by atoms with Crippen LogP contribution in [0.2, 0.25) is 0 Å². The van der Waals surface area contributed by atoms with Crippen LogP contribution < -0.4 is 15.5 Å². The summed E-state index contributed by atoms with van der Waals surface area (Å²) >= 11 is 0. The van der Waals surface area contributed by atoms with E-state index in [1.807, 2.05) is 12.1 Å². The standard InChI is InChI=1S/C18H22N4O/c23-18(21-16-6-5-11-19-14-16)20-15-7-9-17(10-8-15)22-12-3-1-2-4-13-22/h5-11,14H,1-4,12-13H2,(H2,20,21,23). The molecule has 0 bridgehead atoms. The van der Waals surface area contributed by atoms with Crippen LogP contribution >= 0.6 is 0 Å². The molecule has 0 unspecified atom stereocenters. The summed E-state index contributed by atoms with van der Waals surface area (Å²) in [6.45, 7) is 2.24. The van der Waals surface area contributed by atoms with Gasteiger partial charge in [0.05, 0.1) is 11.9 Å². The maximum absolute atomic E-state index is 12.0. The number of benzene rings is 1. The molecule has 2 N–H and O–H groups in total. The second-order valence-electron chi connectivity index (χ2n) is 5.77. The predicted molar refractivity (Wildman–Crippen MR) is 94.0 cm³/mol. The van der Waals surface area contributed by atoms with Crippen molar-refractivity contribution in [1.82, 2.24) is 4.98 Å². The minimum absolute atomic E-state index is 0.263. The summed E-state index contributed by atoms with van der Waals surface area (Å²) in [5.74, 6) is 0. The van der Waals surface area contributed by atoms with E-state index in [0.29, 0.717) is 5.69 Å². The smallest absolute Gasteiger partial charge is 0.323 e. The SMILES string of the molecule is O=C(Nc1ccc(N2CCCCCC2)cc1)Nc1cccnc1. The average molecular weight is 310 g/mol. The number of hydrogen-bond acceptors (Lipinski definition) is 3. The highest BCUT2D eigenvalue weighted by atomic mass is 16.2. The summed E-state index contributed by atoms with van der Waals surface area (Å²) in [5.41, 5.74) is 2.68. The number of hydrogen-bond donors (Lipinski definition) is 2. The van der Waals surface area contributed by atoms with Gasteiger partial charge < -0.3 is 15.5 Å². The van der Waals surface area contributed by atoms with Gasteiger partial charge in [-0.2, -0.15) is 0 Å². The molecule has 120 valence electrons. The van der Waals surface area contributed by atoms with Gasteiger partial charge in [0.2, 0.25) is 0 Å². The lowest BCUT2D eigenvalue weighted by Gasteiger charge is -2.22. The molecular weight excluding hydrogens is 288 g/mol. The summed E-state index contributed by atoms with van der Waals surface area (Å²) in [6, 6.07) is 11.4. The van der Waals surface area contributed by atoms with Crippen molar-refractivity contribution in [3.05, 3.63) is 48.8 Å². The highest BCUT2D eigenvalue weighted by molar-refractivity contribution is 5.99. The fourth-order valence-electron chi connectivity index (χ4n) is 2.81. The molecule has 23 heavy (non-hydrogen) atoms. The molecule has 5 heteroatoms. The summed E-state index contributed by atoms with van der Waals surface area (Å²) in [4.78, 5) is 18.3. The number of carbonyl (C=O) groups is 1. The molecule has 2 amide bonds. The molecule has 0 saturated carbocycles. The molecule has 0 radical (unpaired) electrons. The normalized spacial score (nSPS) is 14.9. The maximum Gasteiger partial charge on any atom is 0.323 e. The van der Waals surface area contributed by atoms with Crippen molar-refractivity contribution in [2.24, 2.45) is 0 Å². The van der Waals surface area contributed by atoms with Gasteiger partial charge in [0.25, 0.3) is 0 Å². The molecule has 0 spiro atoms. The Morgan fingerprint density at radius 1 is 0.913 bits per heavy atom. The summed E-state index contributed by atoms with van der Waals surface area (Å²) in [7, 11) is 0. The first-order chi connectivity index (χ1) is 11.3. The number of urea groups is 1. The highest BCUT2D eigenvalue weighted by Crippen LogP contribution is 2.21. The van der Waals surface area contributed by atoms with Crippen LogP contribution in [0.25, 0.3) is 0 Å². The van der Waals surface area contributed by atoms with Crippen molar-refractivity contribution in [3.8, 4) is 0 Å². The lowest BCUT2D eigenvalue weighted by molar-refractivity contribution is 0.262. The van der Waals surface area contributed by atoms with E-state index in [4.69, 9.17) is 0 Å². The summed E-state index contributed by atoms with van der Waals surface area (Å²) in [6.07, 6.45) is 8.45. The Bertz CT molecular complexity index is 619. The Morgan fingerprint density at radius 2 is 1.61 bits per heavy atom. The van der Waals surface area contributed by atoms with Gasteiger partial charge in [-0.05, 0) is 49.2 Å². The van der Waals surface area contributed by atoms with Gasteiger partial charge in [0.15, 0.2) is 0 Å². The van der Waals surface area contributed by atoms with E-state index in [2.05, 4.69) is 32.7 Å². The fourth-order valence-corrected chi connectivity index (χ4v) is 2.81. The van der Waals surface area contributed by atoms with Crippen molar-refractivity contribution < 1.29 is 4.79 Å². The second-order valence-corrected chi connectivity index (χ2v) is 5.77. The third-order valence-corrected chi connectivity index (χ3v) is 4.02. The summed E-state index contributed by atoms with van der Waals surface area (Å²) in [5, 5.41) is 5.59. The Labute approximate surface area is 136 Å². The van der Waals surface area contributed by atoms with Crippen molar-refractivity contribution in [2.45, 2.75) is 25.7 Å². The van der Waals surface area contributed by atoms with E-state index in [1.165, 1.54) is 31.4 Å². The molecule has 1 saturated heterocycles. The Hall–Kier alpha value is -2.56. The molecule has 3 rings (SSSR count). The molecule has 2 aromatic rings. The molecular formula is C18H22N4O. The zero-order valence-electron chi connectivity index (χ0n) is 13.2. The van der Waals surface area contributed by atoms with Crippen LogP contribution in [0.1, 0.15) is 25.7 Å². The minimum Gasteiger partial charge on any atom is -0.372 e. The van der Waals surface area contributed by atoms with Gasteiger partial charge in [0, 0.05) is 30.7 Å². The number of amides is 2. The van der Waals surface area contributed by atoms with E-state index in [1.54, 1.807) is 24.5 Å². The van der Waals surface area contributed by atoms with Crippen LogP contribution in [0.3, 0.4) is 0 Å². The van der Waals surface area contributed by atoms with Crippen molar-refractivity contribution in [1.29, 1.82) is 0 Å². The molecule has 0 atom stereocenters. The zero-order valence-corrected chi connectivity index (χ0v) is 13.2. The van der Waals surface area contributed by atoms with Crippen LogP contribution in [0, 0.1) is 0 Å². The predicted octanol–water partition coefficient (Wildman–Crippen LogP) is 4.11. The van der Waals surface area contributed by atoms with Crippen LogP contribution in [-0.4, -0.2) is 24.1 Å². The molecule has 1 aromatic carbocycles. The van der Waals surface area contributed by atoms with Gasteiger partial charge >= 0.3 is 6.03 Å². The second kappa shape index (κ2) is 7.63. The zero-order chi connectivity index (χ0) is 15.9.